The number of thiophene rings is 1. The third-order valence-electron chi connectivity index (χ3n) is 4.28. The maximum Gasteiger partial charge on any atom is 0.140 e. The molecule has 5 nitrogen and oxygen atoms in total. The molecule has 0 unspecified atom stereocenters. The normalized spacial score (nSPS) is 22.6. The van der Waals surface area contributed by atoms with E-state index in [9.17, 15) is 0 Å². The van der Waals surface area contributed by atoms with Gasteiger partial charge < -0.3 is 9.64 Å². The summed E-state index contributed by atoms with van der Waals surface area (Å²) in [6.07, 6.45) is 1.50. The number of likely N-dealkylation sites (N-methyl/N-ethyl adjacent to an activating group) is 1. The number of hydrogen-bond donors (Lipinski definition) is 0. The second kappa shape index (κ2) is 7.11. The molecule has 0 aliphatic carbocycles. The van der Waals surface area contributed by atoms with Crippen molar-refractivity contribution in [1.29, 1.82) is 0 Å². The van der Waals surface area contributed by atoms with Crippen molar-refractivity contribution in [2.45, 2.75) is 39.4 Å². The zero-order valence-electron chi connectivity index (χ0n) is 14.5. The first kappa shape index (κ1) is 16.6. The Morgan fingerprint density at radius 1 is 1.30 bits per heavy atom. The summed E-state index contributed by atoms with van der Waals surface area (Å²) in [5.74, 6) is 1.98. The smallest absolute Gasteiger partial charge is 0.140 e. The van der Waals surface area contributed by atoms with Gasteiger partial charge in [-0.2, -0.15) is 0 Å². The Morgan fingerprint density at radius 2 is 2.04 bits per heavy atom. The lowest BCUT2D eigenvalue weighted by molar-refractivity contribution is -0.0670. The van der Waals surface area contributed by atoms with Crippen LogP contribution in [0.25, 0.3) is 10.2 Å². The van der Waals surface area contributed by atoms with Crippen molar-refractivity contribution < 1.29 is 4.74 Å². The average molecular weight is 334 g/mol. The summed E-state index contributed by atoms with van der Waals surface area (Å²) in [5.41, 5.74) is 0. The number of fused-ring (bicyclic) bond motifs is 1. The van der Waals surface area contributed by atoms with E-state index in [1.165, 1.54) is 5.39 Å². The van der Waals surface area contributed by atoms with Gasteiger partial charge in [-0.3, -0.25) is 4.90 Å². The molecule has 3 rings (SSSR count). The van der Waals surface area contributed by atoms with Gasteiger partial charge in [-0.25, -0.2) is 9.97 Å². The van der Waals surface area contributed by atoms with Gasteiger partial charge in [-0.05, 0) is 25.3 Å². The SMILES string of the molecule is CCc1nc(N(C)CCN2C[C@@H](C)O[C@@H](C)C2)c2ccsc2n1. The van der Waals surface area contributed by atoms with Gasteiger partial charge in [0.25, 0.3) is 0 Å². The van der Waals surface area contributed by atoms with Crippen LogP contribution in [0.15, 0.2) is 11.4 Å². The highest BCUT2D eigenvalue weighted by Crippen LogP contribution is 2.27. The molecule has 0 amide bonds. The zero-order chi connectivity index (χ0) is 16.4. The predicted molar refractivity (Wildman–Crippen MR) is 96.5 cm³/mol. The highest BCUT2D eigenvalue weighted by atomic mass is 32.1. The molecule has 0 radical (unpaired) electrons. The lowest BCUT2D eigenvalue weighted by Crippen LogP contribution is -2.47. The Hall–Kier alpha value is -1.24. The molecule has 6 heteroatoms. The Labute approximate surface area is 142 Å². The molecular formula is C17H26N4OS. The number of morpholine rings is 1. The maximum absolute atomic E-state index is 5.81. The van der Waals surface area contributed by atoms with Crippen LogP contribution in [0.1, 0.15) is 26.6 Å². The van der Waals surface area contributed by atoms with E-state index >= 15 is 0 Å². The summed E-state index contributed by atoms with van der Waals surface area (Å²) >= 11 is 1.69. The zero-order valence-corrected chi connectivity index (χ0v) is 15.3. The summed E-state index contributed by atoms with van der Waals surface area (Å²) in [6.45, 7) is 10.4. The van der Waals surface area contributed by atoms with Crippen molar-refractivity contribution in [2.75, 3.05) is 38.1 Å². The molecule has 23 heavy (non-hydrogen) atoms. The Bertz CT molecular complexity index is 649. The molecule has 3 heterocycles. The van der Waals surface area contributed by atoms with Crippen LogP contribution in [-0.2, 0) is 11.2 Å². The van der Waals surface area contributed by atoms with E-state index in [1.807, 2.05) is 0 Å². The number of rotatable bonds is 5. The van der Waals surface area contributed by atoms with Crippen molar-refractivity contribution in [3.8, 4) is 0 Å². The molecule has 126 valence electrons. The molecule has 2 aromatic rings. The fourth-order valence-corrected chi connectivity index (χ4v) is 3.97. The van der Waals surface area contributed by atoms with Crippen molar-refractivity contribution >= 4 is 27.4 Å². The van der Waals surface area contributed by atoms with E-state index in [0.29, 0.717) is 12.2 Å². The summed E-state index contributed by atoms with van der Waals surface area (Å²) in [4.78, 5) is 15.2. The first-order chi connectivity index (χ1) is 11.1. The average Bonchev–Trinajstić information content (AvgIpc) is 2.99. The van der Waals surface area contributed by atoms with Crippen LogP contribution in [0.3, 0.4) is 0 Å². The van der Waals surface area contributed by atoms with Gasteiger partial charge in [-0.1, -0.05) is 6.92 Å². The summed E-state index contributed by atoms with van der Waals surface area (Å²) in [5, 5.41) is 3.26. The summed E-state index contributed by atoms with van der Waals surface area (Å²) in [7, 11) is 2.13. The predicted octanol–water partition coefficient (Wildman–Crippen LogP) is 2.80. The number of nitrogens with zero attached hydrogens (tertiary/aromatic N) is 4. The minimum Gasteiger partial charge on any atom is -0.373 e. The van der Waals surface area contributed by atoms with Crippen molar-refractivity contribution in [1.82, 2.24) is 14.9 Å². The Kier molecular flexibility index (Phi) is 5.14. The highest BCUT2D eigenvalue weighted by molar-refractivity contribution is 7.16. The van der Waals surface area contributed by atoms with E-state index in [1.54, 1.807) is 11.3 Å². The number of anilines is 1. The molecule has 0 saturated carbocycles. The Balaban J connectivity index is 1.70. The lowest BCUT2D eigenvalue weighted by atomic mass is 10.2. The number of aromatic nitrogens is 2. The number of hydrogen-bond acceptors (Lipinski definition) is 6. The van der Waals surface area contributed by atoms with Gasteiger partial charge in [0, 0.05) is 39.6 Å². The third kappa shape index (κ3) is 3.82. The topological polar surface area (TPSA) is 41.5 Å². The molecule has 0 N–H and O–H groups in total. The van der Waals surface area contributed by atoms with Crippen molar-refractivity contribution in [3.05, 3.63) is 17.3 Å². The maximum atomic E-state index is 5.81. The van der Waals surface area contributed by atoms with Gasteiger partial charge in [0.05, 0.1) is 17.6 Å². The standard InChI is InChI=1S/C17H26N4OS/c1-5-15-18-16(14-6-9-23-17(14)19-15)20(4)7-8-21-10-12(2)22-13(3)11-21/h6,9,12-13H,5,7-8,10-11H2,1-4H3/t12-,13+. The van der Waals surface area contributed by atoms with Crippen LogP contribution in [0.2, 0.25) is 0 Å². The molecule has 2 aromatic heterocycles. The van der Waals surface area contributed by atoms with E-state index in [4.69, 9.17) is 9.72 Å². The van der Waals surface area contributed by atoms with Crippen LogP contribution >= 0.6 is 11.3 Å². The minimum absolute atomic E-state index is 0.318. The summed E-state index contributed by atoms with van der Waals surface area (Å²) in [6, 6.07) is 2.13. The first-order valence-electron chi connectivity index (χ1n) is 8.40. The van der Waals surface area contributed by atoms with Crippen LogP contribution in [0.5, 0.6) is 0 Å². The highest BCUT2D eigenvalue weighted by Gasteiger charge is 2.22. The van der Waals surface area contributed by atoms with Crippen molar-refractivity contribution in [3.63, 3.8) is 0 Å². The van der Waals surface area contributed by atoms with Gasteiger partial charge in [0.2, 0.25) is 0 Å². The fourth-order valence-electron chi connectivity index (χ4n) is 3.20. The van der Waals surface area contributed by atoms with Crippen LogP contribution < -0.4 is 4.90 Å². The monoisotopic (exact) mass is 334 g/mol. The molecule has 1 aliphatic rings. The van der Waals surface area contributed by atoms with Crippen LogP contribution in [0.4, 0.5) is 5.82 Å². The fraction of sp³-hybridized carbons (Fsp3) is 0.647. The molecular weight excluding hydrogens is 308 g/mol. The lowest BCUT2D eigenvalue weighted by Gasteiger charge is -2.36. The quantitative estimate of drug-likeness (QED) is 0.841. The third-order valence-corrected chi connectivity index (χ3v) is 5.08. The van der Waals surface area contributed by atoms with E-state index in [0.717, 1.165) is 49.1 Å². The molecule has 1 saturated heterocycles. The molecule has 2 atom stereocenters. The van der Waals surface area contributed by atoms with Gasteiger partial charge in [-0.15, -0.1) is 11.3 Å². The second-order valence-corrected chi connectivity index (χ2v) is 7.29. The van der Waals surface area contributed by atoms with Crippen LogP contribution in [-0.4, -0.2) is 60.3 Å². The first-order valence-corrected chi connectivity index (χ1v) is 9.27. The van der Waals surface area contributed by atoms with Gasteiger partial charge >= 0.3 is 0 Å². The molecule has 0 bridgehead atoms. The van der Waals surface area contributed by atoms with Crippen LogP contribution in [0, 0.1) is 0 Å². The molecule has 1 aliphatic heterocycles. The molecule has 0 spiro atoms. The summed E-state index contributed by atoms with van der Waals surface area (Å²) < 4.78 is 5.81. The number of aryl methyl sites for hydroxylation is 1. The van der Waals surface area contributed by atoms with Gasteiger partial charge in [0.15, 0.2) is 0 Å². The minimum atomic E-state index is 0.318. The van der Waals surface area contributed by atoms with E-state index in [2.05, 4.69) is 54.0 Å². The van der Waals surface area contributed by atoms with E-state index in [-0.39, 0.29) is 0 Å². The molecule has 0 aromatic carbocycles. The van der Waals surface area contributed by atoms with Gasteiger partial charge in [0.1, 0.15) is 16.5 Å². The molecule has 1 fully saturated rings. The largest absolute Gasteiger partial charge is 0.373 e. The Morgan fingerprint density at radius 3 is 2.74 bits per heavy atom. The van der Waals surface area contributed by atoms with E-state index < -0.39 is 0 Å². The van der Waals surface area contributed by atoms with Crippen molar-refractivity contribution in [2.24, 2.45) is 0 Å². The second-order valence-electron chi connectivity index (χ2n) is 6.39. The number of ether oxygens (including phenoxy) is 1.